The van der Waals surface area contributed by atoms with Crippen LogP contribution in [0.15, 0.2) is 47.5 Å². The van der Waals surface area contributed by atoms with E-state index in [0.717, 1.165) is 11.3 Å². The van der Waals surface area contributed by atoms with Crippen LogP contribution in [0.25, 0.3) is 11.3 Å². The lowest BCUT2D eigenvalue weighted by atomic mass is 10.1. The highest BCUT2D eigenvalue weighted by atomic mass is 32.2. The van der Waals surface area contributed by atoms with Crippen molar-refractivity contribution in [3.63, 3.8) is 0 Å². The van der Waals surface area contributed by atoms with Crippen molar-refractivity contribution in [2.75, 3.05) is 6.26 Å². The smallest absolute Gasteiger partial charge is 0.0781 e. The van der Waals surface area contributed by atoms with Crippen molar-refractivity contribution in [3.05, 3.63) is 48.7 Å². The molecule has 14 heavy (non-hydrogen) atoms. The molecule has 0 aliphatic rings. The average molecular weight is 200 g/mol. The first-order valence-corrected chi connectivity index (χ1v) is 5.60. The van der Waals surface area contributed by atoms with E-state index in [9.17, 15) is 0 Å². The van der Waals surface area contributed by atoms with Crippen molar-refractivity contribution in [3.8, 4) is 11.3 Å². The van der Waals surface area contributed by atoms with Gasteiger partial charge in [0.25, 0.3) is 0 Å². The van der Waals surface area contributed by atoms with Crippen molar-refractivity contribution in [1.82, 2.24) is 4.98 Å². The fourth-order valence-corrected chi connectivity index (χ4v) is 1.64. The molecule has 0 spiro atoms. The van der Waals surface area contributed by atoms with Gasteiger partial charge in [-0.05, 0) is 24.5 Å². The van der Waals surface area contributed by atoms with E-state index in [0.29, 0.717) is 0 Å². The molecule has 2 aromatic rings. The van der Waals surface area contributed by atoms with Gasteiger partial charge in [-0.1, -0.05) is 18.2 Å². The van der Waals surface area contributed by atoms with Crippen molar-refractivity contribution in [2.24, 2.45) is 0 Å². The van der Waals surface area contributed by atoms with Gasteiger partial charge in [-0.3, -0.25) is 4.98 Å². The zero-order valence-corrected chi connectivity index (χ0v) is 8.71. The largest absolute Gasteiger partial charge is 0.256 e. The van der Waals surface area contributed by atoms with Crippen molar-refractivity contribution < 1.29 is 0 Å². The molecule has 1 heterocycles. The van der Waals surface area contributed by atoms with Gasteiger partial charge in [-0.15, -0.1) is 11.8 Å². The standard InChI is InChI=1S/C12H10NS/c1-14-11-7-5-10(6-8-11)12-4-2-3-9-13-12/h2-3,5-9H,1H3. The Morgan fingerprint density at radius 1 is 1.21 bits per heavy atom. The van der Waals surface area contributed by atoms with Crippen LogP contribution >= 0.6 is 11.8 Å². The summed E-state index contributed by atoms with van der Waals surface area (Å²) >= 11 is 1.74. The van der Waals surface area contributed by atoms with Gasteiger partial charge in [0.05, 0.1) is 5.69 Å². The summed E-state index contributed by atoms with van der Waals surface area (Å²) in [5, 5.41) is 0. The topological polar surface area (TPSA) is 12.9 Å². The Labute approximate surface area is 88.2 Å². The predicted molar refractivity (Wildman–Crippen MR) is 60.3 cm³/mol. The second-order valence-corrected chi connectivity index (χ2v) is 3.74. The number of nitrogens with zero attached hydrogens (tertiary/aromatic N) is 1. The number of pyridine rings is 1. The Kier molecular flexibility index (Phi) is 2.84. The second-order valence-electron chi connectivity index (χ2n) is 2.86. The third-order valence-corrected chi connectivity index (χ3v) is 2.71. The van der Waals surface area contributed by atoms with Gasteiger partial charge in [0.1, 0.15) is 0 Å². The number of rotatable bonds is 2. The first-order valence-electron chi connectivity index (χ1n) is 4.37. The Morgan fingerprint density at radius 2 is 2.00 bits per heavy atom. The SMILES string of the molecule is CSc1ccc(-c2[c]cccn2)cc1. The van der Waals surface area contributed by atoms with Crippen LogP contribution in [0.5, 0.6) is 0 Å². The molecule has 0 fully saturated rings. The number of benzene rings is 1. The molecule has 0 aliphatic carbocycles. The molecule has 0 saturated heterocycles. The molecule has 0 aliphatic heterocycles. The van der Waals surface area contributed by atoms with Crippen molar-refractivity contribution in [2.45, 2.75) is 4.90 Å². The molecule has 0 N–H and O–H groups in total. The molecule has 2 heteroatoms. The normalized spacial score (nSPS) is 10.1. The molecule has 1 aromatic heterocycles. The summed E-state index contributed by atoms with van der Waals surface area (Å²) in [6.45, 7) is 0. The Bertz CT molecular complexity index is 394. The minimum atomic E-state index is 0.903. The molecule has 0 saturated carbocycles. The highest BCUT2D eigenvalue weighted by Crippen LogP contribution is 2.20. The third-order valence-electron chi connectivity index (χ3n) is 1.97. The molecule has 2 rings (SSSR count). The number of thioether (sulfide) groups is 1. The van der Waals surface area contributed by atoms with Crippen LogP contribution < -0.4 is 0 Å². The quantitative estimate of drug-likeness (QED) is 0.690. The lowest BCUT2D eigenvalue weighted by Gasteiger charge is -2.00. The maximum Gasteiger partial charge on any atom is 0.0781 e. The zero-order valence-electron chi connectivity index (χ0n) is 7.90. The van der Waals surface area contributed by atoms with E-state index in [2.05, 4.69) is 41.6 Å². The van der Waals surface area contributed by atoms with Gasteiger partial charge < -0.3 is 0 Å². The Balaban J connectivity index is 2.34. The van der Waals surface area contributed by atoms with E-state index < -0.39 is 0 Å². The summed E-state index contributed by atoms with van der Waals surface area (Å²) in [5.41, 5.74) is 2.02. The van der Waals surface area contributed by atoms with Gasteiger partial charge in [-0.25, -0.2) is 0 Å². The van der Waals surface area contributed by atoms with E-state index in [1.807, 2.05) is 12.1 Å². The van der Waals surface area contributed by atoms with E-state index in [-0.39, 0.29) is 0 Å². The molecule has 1 radical (unpaired) electrons. The molecule has 0 unspecified atom stereocenters. The van der Waals surface area contributed by atoms with Gasteiger partial charge in [0.15, 0.2) is 0 Å². The summed E-state index contributed by atoms with van der Waals surface area (Å²) in [6.07, 6.45) is 3.86. The summed E-state index contributed by atoms with van der Waals surface area (Å²) in [6, 6.07) is 15.2. The third kappa shape index (κ3) is 1.96. The minimum Gasteiger partial charge on any atom is -0.256 e. The van der Waals surface area contributed by atoms with Crippen LogP contribution in [0.3, 0.4) is 0 Å². The number of aromatic nitrogens is 1. The van der Waals surface area contributed by atoms with Crippen LogP contribution in [0, 0.1) is 6.07 Å². The molecule has 0 atom stereocenters. The zero-order chi connectivity index (χ0) is 9.80. The van der Waals surface area contributed by atoms with E-state index >= 15 is 0 Å². The maximum atomic E-state index is 4.24. The number of hydrogen-bond acceptors (Lipinski definition) is 2. The van der Waals surface area contributed by atoms with Gasteiger partial charge in [0.2, 0.25) is 0 Å². The summed E-state index contributed by atoms with van der Waals surface area (Å²) < 4.78 is 0. The highest BCUT2D eigenvalue weighted by Gasteiger charge is 1.97. The van der Waals surface area contributed by atoms with Crippen molar-refractivity contribution in [1.29, 1.82) is 0 Å². The lowest BCUT2D eigenvalue weighted by molar-refractivity contribution is 1.31. The first-order chi connectivity index (χ1) is 6.90. The molecule has 69 valence electrons. The van der Waals surface area contributed by atoms with Gasteiger partial charge in [-0.2, -0.15) is 0 Å². The predicted octanol–water partition coefficient (Wildman–Crippen LogP) is 3.27. The van der Waals surface area contributed by atoms with Gasteiger partial charge in [0, 0.05) is 22.7 Å². The average Bonchev–Trinajstić information content (AvgIpc) is 2.30. The monoisotopic (exact) mass is 200 g/mol. The second kappa shape index (κ2) is 4.29. The van der Waals surface area contributed by atoms with Gasteiger partial charge >= 0.3 is 0 Å². The highest BCUT2D eigenvalue weighted by molar-refractivity contribution is 7.98. The van der Waals surface area contributed by atoms with E-state index in [4.69, 9.17) is 0 Å². The van der Waals surface area contributed by atoms with E-state index in [1.54, 1.807) is 18.0 Å². The van der Waals surface area contributed by atoms with Crippen molar-refractivity contribution >= 4 is 11.8 Å². The fourth-order valence-electron chi connectivity index (χ4n) is 1.23. The Hall–Kier alpha value is -1.28. The molecular weight excluding hydrogens is 190 g/mol. The van der Waals surface area contributed by atoms with Crippen LogP contribution in [0.1, 0.15) is 0 Å². The summed E-state index contributed by atoms with van der Waals surface area (Å²) in [4.78, 5) is 5.51. The molecule has 0 amide bonds. The minimum absolute atomic E-state index is 0.903. The Morgan fingerprint density at radius 3 is 2.57 bits per heavy atom. The molecular formula is C12H10NS. The van der Waals surface area contributed by atoms with Crippen LogP contribution in [0.2, 0.25) is 0 Å². The lowest BCUT2D eigenvalue weighted by Crippen LogP contribution is -1.81. The molecule has 1 nitrogen and oxygen atoms in total. The summed E-state index contributed by atoms with van der Waals surface area (Å²) in [7, 11) is 0. The summed E-state index contributed by atoms with van der Waals surface area (Å²) in [5.74, 6) is 0. The fraction of sp³-hybridized carbons (Fsp3) is 0.0833. The molecule has 1 aromatic carbocycles. The molecule has 0 bridgehead atoms. The number of hydrogen-bond donors (Lipinski definition) is 0. The van der Waals surface area contributed by atoms with Crippen LogP contribution in [-0.2, 0) is 0 Å². The van der Waals surface area contributed by atoms with Crippen LogP contribution in [0.4, 0.5) is 0 Å². The van der Waals surface area contributed by atoms with Crippen LogP contribution in [-0.4, -0.2) is 11.2 Å². The maximum absolute atomic E-state index is 4.24. The first kappa shape index (κ1) is 9.28. The van der Waals surface area contributed by atoms with E-state index in [1.165, 1.54) is 4.90 Å².